The van der Waals surface area contributed by atoms with Gasteiger partial charge in [-0.1, -0.05) is 0 Å². The van der Waals surface area contributed by atoms with Crippen molar-refractivity contribution in [1.82, 2.24) is 0 Å². The largest absolute Gasteiger partial charge is 0.486 e. The van der Waals surface area contributed by atoms with Crippen LogP contribution in [0.3, 0.4) is 0 Å². The first-order valence-electron chi connectivity index (χ1n) is 6.59. The fourth-order valence-electron chi connectivity index (χ4n) is 2.15. The molecule has 6 heteroatoms. The highest BCUT2D eigenvalue weighted by Gasteiger charge is 2.14. The van der Waals surface area contributed by atoms with Gasteiger partial charge in [-0.15, -0.1) is 0 Å². The third-order valence-corrected chi connectivity index (χ3v) is 3.26. The van der Waals surface area contributed by atoms with Crippen molar-refractivity contribution in [1.29, 1.82) is 0 Å². The maximum Gasteiger partial charge on any atom is 0.371 e. The van der Waals surface area contributed by atoms with Gasteiger partial charge >= 0.3 is 5.97 Å². The minimum absolute atomic E-state index is 0.0496. The van der Waals surface area contributed by atoms with Gasteiger partial charge in [-0.25, -0.2) is 4.79 Å². The van der Waals surface area contributed by atoms with E-state index >= 15 is 0 Å². The number of ether oxygens (including phenoxy) is 2. The molecule has 0 spiro atoms. The van der Waals surface area contributed by atoms with Crippen LogP contribution in [-0.4, -0.2) is 24.3 Å². The van der Waals surface area contributed by atoms with Crippen LogP contribution in [0, 0.1) is 6.92 Å². The molecular formula is C15H15NO5. The zero-order valence-corrected chi connectivity index (χ0v) is 11.5. The molecule has 110 valence electrons. The summed E-state index contributed by atoms with van der Waals surface area (Å²) in [5, 5.41) is 12.1. The molecule has 21 heavy (non-hydrogen) atoms. The lowest BCUT2D eigenvalue weighted by Gasteiger charge is -2.19. The number of rotatable bonds is 4. The van der Waals surface area contributed by atoms with Crippen molar-refractivity contribution >= 4 is 11.7 Å². The zero-order valence-electron chi connectivity index (χ0n) is 11.5. The molecule has 1 aliphatic rings. The van der Waals surface area contributed by atoms with Crippen LogP contribution in [-0.2, 0) is 6.54 Å². The predicted octanol–water partition coefficient (Wildman–Crippen LogP) is 2.67. The van der Waals surface area contributed by atoms with E-state index in [1.165, 1.54) is 6.07 Å². The molecule has 1 aliphatic heterocycles. The molecule has 0 atom stereocenters. The summed E-state index contributed by atoms with van der Waals surface area (Å²) in [7, 11) is 0. The van der Waals surface area contributed by atoms with E-state index in [0.717, 1.165) is 17.0 Å². The van der Waals surface area contributed by atoms with Crippen molar-refractivity contribution in [3.05, 3.63) is 41.3 Å². The maximum absolute atomic E-state index is 10.9. The number of carboxylic acids is 1. The zero-order chi connectivity index (χ0) is 14.8. The Morgan fingerprint density at radius 3 is 2.71 bits per heavy atom. The van der Waals surface area contributed by atoms with Crippen LogP contribution in [0.2, 0.25) is 0 Å². The first-order valence-corrected chi connectivity index (χ1v) is 6.59. The number of hydrogen-bond donors (Lipinski definition) is 2. The van der Waals surface area contributed by atoms with Crippen LogP contribution < -0.4 is 14.8 Å². The van der Waals surface area contributed by atoms with Gasteiger partial charge in [-0.2, -0.15) is 0 Å². The highest BCUT2D eigenvalue weighted by molar-refractivity contribution is 5.84. The van der Waals surface area contributed by atoms with Crippen LogP contribution in [0.25, 0.3) is 0 Å². The molecule has 1 aromatic heterocycles. The Morgan fingerprint density at radius 1 is 1.24 bits per heavy atom. The molecule has 2 aromatic rings. The molecule has 0 amide bonds. The number of hydrogen-bond acceptors (Lipinski definition) is 5. The quantitative estimate of drug-likeness (QED) is 0.900. The molecule has 0 unspecified atom stereocenters. The Bertz CT molecular complexity index is 677. The van der Waals surface area contributed by atoms with E-state index in [1.54, 1.807) is 6.92 Å². The first kappa shape index (κ1) is 13.4. The molecular weight excluding hydrogens is 274 g/mol. The lowest BCUT2D eigenvalue weighted by atomic mass is 10.2. The van der Waals surface area contributed by atoms with Crippen LogP contribution in [0.15, 0.2) is 28.7 Å². The van der Waals surface area contributed by atoms with Crippen molar-refractivity contribution in [3.8, 4) is 11.5 Å². The highest BCUT2D eigenvalue weighted by Crippen LogP contribution is 2.32. The van der Waals surface area contributed by atoms with E-state index in [2.05, 4.69) is 5.32 Å². The summed E-state index contributed by atoms with van der Waals surface area (Å²) in [5.41, 5.74) is 1.68. The van der Waals surface area contributed by atoms with Gasteiger partial charge in [0.15, 0.2) is 11.5 Å². The van der Waals surface area contributed by atoms with Gasteiger partial charge in [0.25, 0.3) is 0 Å². The van der Waals surface area contributed by atoms with Crippen molar-refractivity contribution in [2.45, 2.75) is 13.5 Å². The molecule has 2 heterocycles. The maximum atomic E-state index is 10.9. The number of nitrogens with one attached hydrogen (secondary N) is 1. The van der Waals surface area contributed by atoms with E-state index in [-0.39, 0.29) is 5.76 Å². The number of carboxylic acid groups (broad SMARTS) is 1. The molecule has 0 bridgehead atoms. The summed E-state index contributed by atoms with van der Waals surface area (Å²) in [4.78, 5) is 10.9. The summed E-state index contributed by atoms with van der Waals surface area (Å²) < 4.78 is 16.1. The molecule has 0 saturated carbocycles. The molecule has 0 aliphatic carbocycles. The van der Waals surface area contributed by atoms with Crippen LogP contribution in [0.4, 0.5) is 5.69 Å². The van der Waals surface area contributed by atoms with Crippen molar-refractivity contribution < 1.29 is 23.8 Å². The molecule has 6 nitrogen and oxygen atoms in total. The Kier molecular flexibility index (Phi) is 3.43. The van der Waals surface area contributed by atoms with Gasteiger partial charge in [0.1, 0.15) is 19.0 Å². The Morgan fingerprint density at radius 2 is 2.00 bits per heavy atom. The van der Waals surface area contributed by atoms with Crippen molar-refractivity contribution in [2.24, 2.45) is 0 Å². The van der Waals surface area contributed by atoms with E-state index in [0.29, 0.717) is 31.3 Å². The molecule has 0 saturated heterocycles. The summed E-state index contributed by atoms with van der Waals surface area (Å²) in [6.07, 6.45) is 0. The van der Waals surface area contributed by atoms with Gasteiger partial charge in [0.2, 0.25) is 5.76 Å². The summed E-state index contributed by atoms with van der Waals surface area (Å²) in [5.74, 6) is 0.924. The smallest absolute Gasteiger partial charge is 0.371 e. The van der Waals surface area contributed by atoms with Crippen molar-refractivity contribution in [2.75, 3.05) is 18.5 Å². The molecule has 0 fully saturated rings. The SMILES string of the molecule is Cc1oc(C(=O)O)cc1CNc1ccc2c(c1)OCCO2. The number of furan rings is 1. The normalized spacial score (nSPS) is 13.0. The fraction of sp³-hybridized carbons (Fsp3) is 0.267. The summed E-state index contributed by atoms with van der Waals surface area (Å²) >= 11 is 0. The second kappa shape index (κ2) is 5.40. The fourth-order valence-corrected chi connectivity index (χ4v) is 2.15. The predicted molar refractivity (Wildman–Crippen MR) is 75.2 cm³/mol. The van der Waals surface area contributed by atoms with Crippen LogP contribution in [0.1, 0.15) is 21.9 Å². The van der Waals surface area contributed by atoms with Crippen molar-refractivity contribution in [3.63, 3.8) is 0 Å². The first-order chi connectivity index (χ1) is 10.1. The summed E-state index contributed by atoms with van der Waals surface area (Å²) in [6, 6.07) is 7.13. The third kappa shape index (κ3) is 2.79. The van der Waals surface area contributed by atoms with E-state index < -0.39 is 5.97 Å². The van der Waals surface area contributed by atoms with E-state index in [9.17, 15) is 4.79 Å². The number of aromatic carboxylic acids is 1. The average Bonchev–Trinajstić information content (AvgIpc) is 2.86. The second-order valence-corrected chi connectivity index (χ2v) is 4.71. The minimum Gasteiger partial charge on any atom is -0.486 e. The second-order valence-electron chi connectivity index (χ2n) is 4.71. The Balaban J connectivity index is 1.71. The highest BCUT2D eigenvalue weighted by atomic mass is 16.6. The lowest BCUT2D eigenvalue weighted by molar-refractivity contribution is 0.0661. The van der Waals surface area contributed by atoms with Crippen LogP contribution >= 0.6 is 0 Å². The Hall–Kier alpha value is -2.63. The number of aryl methyl sites for hydroxylation is 1. The van der Waals surface area contributed by atoms with Crippen LogP contribution in [0.5, 0.6) is 11.5 Å². The molecule has 3 rings (SSSR count). The van der Waals surface area contributed by atoms with Gasteiger partial charge < -0.3 is 24.3 Å². The average molecular weight is 289 g/mol. The van der Waals surface area contributed by atoms with E-state index in [1.807, 2.05) is 18.2 Å². The lowest BCUT2D eigenvalue weighted by Crippen LogP contribution is -2.15. The monoisotopic (exact) mass is 289 g/mol. The topological polar surface area (TPSA) is 80.9 Å². The minimum atomic E-state index is -1.07. The number of carbonyl (C=O) groups is 1. The molecule has 0 radical (unpaired) electrons. The third-order valence-electron chi connectivity index (χ3n) is 3.26. The van der Waals surface area contributed by atoms with Gasteiger partial charge in [-0.05, 0) is 25.1 Å². The number of benzene rings is 1. The van der Waals surface area contributed by atoms with Gasteiger partial charge in [0.05, 0.1) is 0 Å². The van der Waals surface area contributed by atoms with Gasteiger partial charge in [0, 0.05) is 23.9 Å². The Labute approximate surface area is 121 Å². The standard InChI is InChI=1S/C15H15NO5/c1-9-10(6-14(21-9)15(17)18)8-16-11-2-3-12-13(7-11)20-5-4-19-12/h2-3,6-7,16H,4-5,8H2,1H3,(H,17,18). The van der Waals surface area contributed by atoms with Gasteiger partial charge in [-0.3, -0.25) is 0 Å². The number of anilines is 1. The molecule has 1 aromatic carbocycles. The molecule has 2 N–H and O–H groups in total. The number of fused-ring (bicyclic) bond motifs is 1. The van der Waals surface area contributed by atoms with E-state index in [4.69, 9.17) is 19.0 Å². The summed E-state index contributed by atoms with van der Waals surface area (Å²) in [6.45, 7) is 3.32.